The van der Waals surface area contributed by atoms with Crippen LogP contribution in [0.2, 0.25) is 0 Å². The van der Waals surface area contributed by atoms with Crippen LogP contribution in [0.15, 0.2) is 5.38 Å². The molecule has 1 heterocycles. The fraction of sp³-hybridized carbons (Fsp3) is 0.750. The molecule has 0 unspecified atom stereocenters. The molecule has 0 amide bonds. The van der Waals surface area contributed by atoms with Crippen molar-refractivity contribution < 1.29 is 4.74 Å². The van der Waals surface area contributed by atoms with E-state index in [1.807, 2.05) is 0 Å². The van der Waals surface area contributed by atoms with Crippen LogP contribution in [-0.2, 0) is 17.9 Å². The Morgan fingerprint density at radius 2 is 2.31 bits per heavy atom. The number of rotatable bonds is 8. The molecule has 1 aromatic rings. The molecule has 1 rings (SSSR count). The van der Waals surface area contributed by atoms with Crippen molar-refractivity contribution in [3.8, 4) is 0 Å². The zero-order valence-electron chi connectivity index (χ0n) is 10.5. The Balaban J connectivity index is 2.22. The SMILES string of the molecule is CCCCOCc1csc(CNC(C)C)n1. The molecule has 0 aliphatic heterocycles. The maximum atomic E-state index is 5.52. The zero-order valence-corrected chi connectivity index (χ0v) is 11.3. The molecule has 0 fully saturated rings. The minimum Gasteiger partial charge on any atom is -0.375 e. The Labute approximate surface area is 102 Å². The van der Waals surface area contributed by atoms with Crippen LogP contribution in [0.4, 0.5) is 0 Å². The summed E-state index contributed by atoms with van der Waals surface area (Å²) in [6.07, 6.45) is 2.31. The summed E-state index contributed by atoms with van der Waals surface area (Å²) in [4.78, 5) is 4.51. The smallest absolute Gasteiger partial charge is 0.107 e. The van der Waals surface area contributed by atoms with E-state index >= 15 is 0 Å². The van der Waals surface area contributed by atoms with Crippen molar-refractivity contribution in [2.45, 2.75) is 52.8 Å². The highest BCUT2D eigenvalue weighted by Crippen LogP contribution is 2.10. The van der Waals surface area contributed by atoms with Gasteiger partial charge in [-0.1, -0.05) is 27.2 Å². The number of thiazole rings is 1. The average molecular weight is 242 g/mol. The molecule has 0 saturated carbocycles. The van der Waals surface area contributed by atoms with Gasteiger partial charge in [0.15, 0.2) is 0 Å². The Kier molecular flexibility index (Phi) is 6.61. The number of aromatic nitrogens is 1. The summed E-state index contributed by atoms with van der Waals surface area (Å²) in [7, 11) is 0. The van der Waals surface area contributed by atoms with E-state index in [1.54, 1.807) is 11.3 Å². The first kappa shape index (κ1) is 13.6. The first-order valence-electron chi connectivity index (χ1n) is 5.96. The monoisotopic (exact) mass is 242 g/mol. The van der Waals surface area contributed by atoms with Gasteiger partial charge in [0.05, 0.1) is 12.3 Å². The lowest BCUT2D eigenvalue weighted by Crippen LogP contribution is -2.21. The third-order valence-corrected chi connectivity index (χ3v) is 3.05. The molecule has 0 aliphatic rings. The summed E-state index contributed by atoms with van der Waals surface area (Å²) in [6.45, 7) is 8.80. The maximum Gasteiger partial charge on any atom is 0.107 e. The molecule has 92 valence electrons. The van der Waals surface area contributed by atoms with Crippen molar-refractivity contribution in [1.82, 2.24) is 10.3 Å². The molecule has 0 atom stereocenters. The van der Waals surface area contributed by atoms with Gasteiger partial charge >= 0.3 is 0 Å². The molecule has 3 nitrogen and oxygen atoms in total. The molecule has 0 radical (unpaired) electrons. The molecule has 16 heavy (non-hydrogen) atoms. The summed E-state index contributed by atoms with van der Waals surface area (Å²) < 4.78 is 5.52. The largest absolute Gasteiger partial charge is 0.375 e. The normalized spacial score (nSPS) is 11.2. The van der Waals surface area contributed by atoms with Gasteiger partial charge in [0.2, 0.25) is 0 Å². The predicted molar refractivity (Wildman–Crippen MR) is 68.7 cm³/mol. The van der Waals surface area contributed by atoms with Gasteiger partial charge in [-0.15, -0.1) is 11.3 Å². The van der Waals surface area contributed by atoms with Crippen LogP contribution in [0.25, 0.3) is 0 Å². The van der Waals surface area contributed by atoms with Crippen LogP contribution in [0.3, 0.4) is 0 Å². The van der Waals surface area contributed by atoms with Crippen molar-refractivity contribution >= 4 is 11.3 Å². The van der Waals surface area contributed by atoms with Gasteiger partial charge in [-0.2, -0.15) is 0 Å². The Hall–Kier alpha value is -0.450. The highest BCUT2D eigenvalue weighted by molar-refractivity contribution is 7.09. The predicted octanol–water partition coefficient (Wildman–Crippen LogP) is 2.96. The summed E-state index contributed by atoms with van der Waals surface area (Å²) >= 11 is 1.70. The van der Waals surface area contributed by atoms with Gasteiger partial charge in [-0.25, -0.2) is 4.98 Å². The van der Waals surface area contributed by atoms with Crippen LogP contribution in [0.1, 0.15) is 44.3 Å². The molecule has 1 N–H and O–H groups in total. The Bertz CT molecular complexity index is 286. The summed E-state index contributed by atoms with van der Waals surface area (Å²) in [5.74, 6) is 0. The lowest BCUT2D eigenvalue weighted by molar-refractivity contribution is 0.116. The molecule has 0 aliphatic carbocycles. The topological polar surface area (TPSA) is 34.1 Å². The minimum absolute atomic E-state index is 0.508. The number of unbranched alkanes of at least 4 members (excludes halogenated alkanes) is 1. The van der Waals surface area contributed by atoms with Crippen molar-refractivity contribution in [2.24, 2.45) is 0 Å². The number of nitrogens with one attached hydrogen (secondary N) is 1. The fourth-order valence-electron chi connectivity index (χ4n) is 1.21. The number of hydrogen-bond donors (Lipinski definition) is 1. The molecule has 0 aromatic carbocycles. The summed E-state index contributed by atoms with van der Waals surface area (Å²) in [5, 5.41) is 6.59. The maximum absolute atomic E-state index is 5.52. The summed E-state index contributed by atoms with van der Waals surface area (Å²) in [6, 6.07) is 0.508. The first-order chi connectivity index (χ1) is 7.72. The Morgan fingerprint density at radius 1 is 1.50 bits per heavy atom. The quantitative estimate of drug-likeness (QED) is 0.712. The third kappa shape index (κ3) is 5.58. The number of hydrogen-bond acceptors (Lipinski definition) is 4. The second-order valence-electron chi connectivity index (χ2n) is 4.17. The van der Waals surface area contributed by atoms with Crippen molar-refractivity contribution in [3.05, 3.63) is 16.1 Å². The van der Waals surface area contributed by atoms with Gasteiger partial charge in [0.1, 0.15) is 5.01 Å². The van der Waals surface area contributed by atoms with E-state index in [2.05, 4.69) is 36.5 Å². The van der Waals surface area contributed by atoms with E-state index in [0.717, 1.165) is 30.3 Å². The minimum atomic E-state index is 0.508. The first-order valence-corrected chi connectivity index (χ1v) is 6.84. The Morgan fingerprint density at radius 3 is 3.00 bits per heavy atom. The van der Waals surface area contributed by atoms with E-state index in [1.165, 1.54) is 6.42 Å². The van der Waals surface area contributed by atoms with Gasteiger partial charge in [0, 0.05) is 24.6 Å². The van der Waals surface area contributed by atoms with Crippen LogP contribution < -0.4 is 5.32 Å². The average Bonchev–Trinajstić information content (AvgIpc) is 2.70. The second-order valence-corrected chi connectivity index (χ2v) is 5.12. The van der Waals surface area contributed by atoms with E-state index < -0.39 is 0 Å². The fourth-order valence-corrected chi connectivity index (χ4v) is 1.94. The highest BCUT2D eigenvalue weighted by atomic mass is 32.1. The zero-order chi connectivity index (χ0) is 11.8. The lowest BCUT2D eigenvalue weighted by Gasteiger charge is -2.04. The molecule has 0 saturated heterocycles. The molecule has 0 spiro atoms. The van der Waals surface area contributed by atoms with E-state index in [9.17, 15) is 0 Å². The number of nitrogens with zero attached hydrogens (tertiary/aromatic N) is 1. The van der Waals surface area contributed by atoms with Crippen molar-refractivity contribution in [1.29, 1.82) is 0 Å². The van der Waals surface area contributed by atoms with Gasteiger partial charge in [-0.05, 0) is 6.42 Å². The highest BCUT2D eigenvalue weighted by Gasteiger charge is 2.02. The standard InChI is InChI=1S/C12H22N2OS/c1-4-5-6-15-8-11-9-16-12(14-11)7-13-10(2)3/h9-10,13H,4-8H2,1-3H3. The molecular weight excluding hydrogens is 220 g/mol. The number of ether oxygens (including phenoxy) is 1. The second kappa shape index (κ2) is 7.76. The van der Waals surface area contributed by atoms with Crippen LogP contribution in [0.5, 0.6) is 0 Å². The van der Waals surface area contributed by atoms with Crippen LogP contribution in [0, 0.1) is 0 Å². The van der Waals surface area contributed by atoms with Gasteiger partial charge in [0.25, 0.3) is 0 Å². The van der Waals surface area contributed by atoms with Crippen LogP contribution >= 0.6 is 11.3 Å². The van der Waals surface area contributed by atoms with E-state index in [4.69, 9.17) is 4.74 Å². The van der Waals surface area contributed by atoms with E-state index in [0.29, 0.717) is 12.6 Å². The summed E-state index contributed by atoms with van der Waals surface area (Å²) in [5.41, 5.74) is 1.06. The van der Waals surface area contributed by atoms with E-state index in [-0.39, 0.29) is 0 Å². The van der Waals surface area contributed by atoms with Crippen LogP contribution in [-0.4, -0.2) is 17.6 Å². The molecule has 0 bridgehead atoms. The third-order valence-electron chi connectivity index (χ3n) is 2.15. The van der Waals surface area contributed by atoms with Crippen molar-refractivity contribution in [2.75, 3.05) is 6.61 Å². The van der Waals surface area contributed by atoms with Gasteiger partial charge in [-0.3, -0.25) is 0 Å². The van der Waals surface area contributed by atoms with Crippen molar-refractivity contribution in [3.63, 3.8) is 0 Å². The van der Waals surface area contributed by atoms with Gasteiger partial charge < -0.3 is 10.1 Å². The molecule has 4 heteroatoms. The molecular formula is C12H22N2OS. The lowest BCUT2D eigenvalue weighted by atomic mass is 10.4. The molecule has 1 aromatic heterocycles.